The molecule has 1 rings (SSSR count). The zero-order valence-electron chi connectivity index (χ0n) is 14.5. The first kappa shape index (κ1) is 19.4. The van der Waals surface area contributed by atoms with Crippen LogP contribution in [0.15, 0.2) is 30.3 Å². The van der Waals surface area contributed by atoms with Crippen molar-refractivity contribution in [1.29, 1.82) is 0 Å². The summed E-state index contributed by atoms with van der Waals surface area (Å²) in [6.07, 6.45) is 4.94. The number of hydrogen-bond donors (Lipinski definition) is 1. The number of carbonyl (C=O) groups is 1. The molecule has 1 N–H and O–H groups in total. The van der Waals surface area contributed by atoms with Gasteiger partial charge in [-0.15, -0.1) is 0 Å². The van der Waals surface area contributed by atoms with E-state index in [4.69, 9.17) is 9.47 Å². The zero-order chi connectivity index (χ0) is 17.3. The summed E-state index contributed by atoms with van der Waals surface area (Å²) < 4.78 is 10.5. The highest BCUT2D eigenvalue weighted by molar-refractivity contribution is 5.83. The monoisotopic (exact) mass is 320 g/mol. The smallest absolute Gasteiger partial charge is 0.321 e. The van der Waals surface area contributed by atoms with Gasteiger partial charge in [0, 0.05) is 6.61 Å². The summed E-state index contributed by atoms with van der Waals surface area (Å²) in [4.78, 5) is 12.5. The van der Waals surface area contributed by atoms with Crippen molar-refractivity contribution in [1.82, 2.24) is 0 Å². The van der Waals surface area contributed by atoms with Crippen molar-refractivity contribution in [2.24, 2.45) is 0 Å². The minimum absolute atomic E-state index is 0.253. The first-order valence-corrected chi connectivity index (χ1v) is 8.24. The van der Waals surface area contributed by atoms with Crippen molar-refractivity contribution < 1.29 is 19.4 Å². The number of ether oxygens (including phenoxy) is 2. The van der Waals surface area contributed by atoms with Crippen LogP contribution >= 0.6 is 0 Å². The molecule has 0 aromatic heterocycles. The normalized spacial score (nSPS) is 15.3. The fourth-order valence-electron chi connectivity index (χ4n) is 2.32. The van der Waals surface area contributed by atoms with Gasteiger partial charge in [0.2, 0.25) is 0 Å². The highest BCUT2D eigenvalue weighted by atomic mass is 16.6. The van der Waals surface area contributed by atoms with E-state index in [-0.39, 0.29) is 6.61 Å². The van der Waals surface area contributed by atoms with Crippen molar-refractivity contribution in [3.63, 3.8) is 0 Å². The average molecular weight is 320 g/mol. The van der Waals surface area contributed by atoms with Crippen LogP contribution in [0.3, 0.4) is 0 Å². The maximum absolute atomic E-state index is 12.5. The zero-order valence-corrected chi connectivity index (χ0v) is 14.5. The largest absolute Gasteiger partial charge is 0.465 e. The maximum Gasteiger partial charge on any atom is 0.321 e. The van der Waals surface area contributed by atoms with Gasteiger partial charge in [0.15, 0.2) is 6.29 Å². The highest BCUT2D eigenvalue weighted by Gasteiger charge is 2.44. The number of esters is 1. The van der Waals surface area contributed by atoms with Gasteiger partial charge in [0.25, 0.3) is 0 Å². The molecular formula is C19H28O4. The Bertz CT molecular complexity index is 524. The Morgan fingerprint density at radius 3 is 2.65 bits per heavy atom. The van der Waals surface area contributed by atoms with Crippen LogP contribution < -0.4 is 0 Å². The van der Waals surface area contributed by atoms with Crippen molar-refractivity contribution >= 4 is 12.0 Å². The molecule has 0 aliphatic rings. The molecule has 1 aromatic rings. The molecule has 4 heteroatoms. The molecule has 4 nitrogen and oxygen atoms in total. The van der Waals surface area contributed by atoms with Crippen LogP contribution in [-0.2, 0) is 19.7 Å². The molecule has 0 radical (unpaired) electrons. The molecule has 23 heavy (non-hydrogen) atoms. The third kappa shape index (κ3) is 4.91. The minimum atomic E-state index is -1.26. The Labute approximate surface area is 139 Å². The third-order valence-electron chi connectivity index (χ3n) is 3.77. The second-order valence-corrected chi connectivity index (χ2v) is 5.55. The van der Waals surface area contributed by atoms with Crippen LogP contribution in [0.5, 0.6) is 0 Å². The van der Waals surface area contributed by atoms with Gasteiger partial charge in [0.1, 0.15) is 5.41 Å². The Balaban J connectivity index is 3.21. The molecule has 1 aromatic carbocycles. The Hall–Kier alpha value is -1.65. The molecule has 0 saturated carbocycles. The molecule has 0 amide bonds. The first-order chi connectivity index (χ1) is 11.0. The Kier molecular flexibility index (Phi) is 8.00. The number of aliphatic hydroxyl groups excluding tert-OH is 1. The number of hydrogen-bond acceptors (Lipinski definition) is 4. The first-order valence-electron chi connectivity index (χ1n) is 8.24. The number of allylic oxidation sites excluding steroid dienone is 1. The van der Waals surface area contributed by atoms with E-state index in [1.54, 1.807) is 20.8 Å². The lowest BCUT2D eigenvalue weighted by atomic mass is 9.81. The molecule has 0 aliphatic heterocycles. The molecule has 0 bridgehead atoms. The summed E-state index contributed by atoms with van der Waals surface area (Å²) in [6.45, 7) is 7.86. The van der Waals surface area contributed by atoms with Crippen molar-refractivity contribution in [2.75, 3.05) is 13.2 Å². The van der Waals surface area contributed by atoms with Gasteiger partial charge in [-0.2, -0.15) is 0 Å². The molecule has 2 unspecified atom stereocenters. The van der Waals surface area contributed by atoms with Crippen LogP contribution in [0.25, 0.3) is 6.08 Å². The lowest BCUT2D eigenvalue weighted by Gasteiger charge is -2.32. The van der Waals surface area contributed by atoms with Crippen molar-refractivity contribution in [3.8, 4) is 0 Å². The van der Waals surface area contributed by atoms with Crippen LogP contribution in [0.2, 0.25) is 0 Å². The summed E-state index contributed by atoms with van der Waals surface area (Å²) in [5.41, 5.74) is 0.395. The standard InChI is InChI=1S/C19H28O4/c1-5-8-9-11-15-12-10-13-16(14-15)19(4,17(20)22-6-2)18(21)23-7-3/h9-14,17,20H,5-8H2,1-4H3/b11-9+. The van der Waals surface area contributed by atoms with E-state index < -0.39 is 17.7 Å². The highest BCUT2D eigenvalue weighted by Crippen LogP contribution is 2.31. The van der Waals surface area contributed by atoms with Gasteiger partial charge in [-0.3, -0.25) is 4.79 Å². The Morgan fingerprint density at radius 1 is 1.30 bits per heavy atom. The number of carbonyl (C=O) groups excluding carboxylic acids is 1. The van der Waals surface area contributed by atoms with Gasteiger partial charge in [-0.05, 0) is 38.3 Å². The quantitative estimate of drug-likeness (QED) is 0.557. The fourth-order valence-corrected chi connectivity index (χ4v) is 2.32. The number of unbranched alkanes of at least 4 members (excludes halogenated alkanes) is 1. The van der Waals surface area contributed by atoms with Gasteiger partial charge < -0.3 is 14.6 Å². The van der Waals surface area contributed by atoms with Crippen molar-refractivity contribution in [2.45, 2.75) is 52.2 Å². The van der Waals surface area contributed by atoms with Gasteiger partial charge >= 0.3 is 5.97 Å². The van der Waals surface area contributed by atoms with Crippen LogP contribution in [0.4, 0.5) is 0 Å². The minimum Gasteiger partial charge on any atom is -0.465 e. The van der Waals surface area contributed by atoms with Gasteiger partial charge in [0.05, 0.1) is 6.61 Å². The number of benzene rings is 1. The van der Waals surface area contributed by atoms with E-state index >= 15 is 0 Å². The number of rotatable bonds is 9. The maximum atomic E-state index is 12.5. The molecule has 128 valence electrons. The molecule has 2 atom stereocenters. The summed E-state index contributed by atoms with van der Waals surface area (Å²) in [7, 11) is 0. The van der Waals surface area contributed by atoms with Crippen LogP contribution in [0, 0.1) is 0 Å². The van der Waals surface area contributed by atoms with Crippen molar-refractivity contribution in [3.05, 3.63) is 41.5 Å². The van der Waals surface area contributed by atoms with Gasteiger partial charge in [-0.1, -0.05) is 49.8 Å². The van der Waals surface area contributed by atoms with Crippen LogP contribution in [-0.4, -0.2) is 30.6 Å². The predicted molar refractivity (Wildman–Crippen MR) is 92.0 cm³/mol. The molecule has 0 fully saturated rings. The second-order valence-electron chi connectivity index (χ2n) is 5.55. The molecular weight excluding hydrogens is 292 g/mol. The molecule has 0 saturated heterocycles. The summed E-state index contributed by atoms with van der Waals surface area (Å²) >= 11 is 0. The summed E-state index contributed by atoms with van der Waals surface area (Å²) in [5, 5.41) is 10.4. The van der Waals surface area contributed by atoms with Gasteiger partial charge in [-0.25, -0.2) is 0 Å². The van der Waals surface area contributed by atoms with E-state index in [9.17, 15) is 9.90 Å². The average Bonchev–Trinajstić information content (AvgIpc) is 2.55. The number of aliphatic hydroxyl groups is 1. The summed E-state index contributed by atoms with van der Waals surface area (Å²) in [5.74, 6) is -0.490. The molecule has 0 aliphatic carbocycles. The topological polar surface area (TPSA) is 55.8 Å². The van der Waals surface area contributed by atoms with E-state index in [0.29, 0.717) is 12.2 Å². The van der Waals surface area contributed by atoms with E-state index in [0.717, 1.165) is 18.4 Å². The van der Waals surface area contributed by atoms with E-state index in [2.05, 4.69) is 13.0 Å². The predicted octanol–water partition coefficient (Wildman–Crippen LogP) is 3.68. The van der Waals surface area contributed by atoms with Crippen LogP contribution in [0.1, 0.15) is 51.7 Å². The lowest BCUT2D eigenvalue weighted by Crippen LogP contribution is -2.46. The van der Waals surface area contributed by atoms with E-state index in [1.165, 1.54) is 0 Å². The molecule has 0 spiro atoms. The second kappa shape index (κ2) is 9.48. The Morgan fingerprint density at radius 2 is 2.04 bits per heavy atom. The SMILES string of the molecule is CCC/C=C/c1cccc(C(C)(C(=O)OCC)C(O)OCC)c1. The summed E-state index contributed by atoms with van der Waals surface area (Å²) in [6, 6.07) is 7.55. The fraction of sp³-hybridized carbons (Fsp3) is 0.526. The molecule has 0 heterocycles. The third-order valence-corrected chi connectivity index (χ3v) is 3.77. The van der Waals surface area contributed by atoms with E-state index in [1.807, 2.05) is 30.3 Å². The lowest BCUT2D eigenvalue weighted by molar-refractivity contribution is -0.179.